The van der Waals surface area contributed by atoms with E-state index in [1.54, 1.807) is 0 Å². The summed E-state index contributed by atoms with van der Waals surface area (Å²) in [5.74, 6) is 0. The number of nitrogens with zero attached hydrogens (tertiary/aromatic N) is 3. The minimum absolute atomic E-state index is 0.280. The van der Waals surface area contributed by atoms with Crippen molar-refractivity contribution in [3.8, 4) is 0 Å². The van der Waals surface area contributed by atoms with Crippen molar-refractivity contribution >= 4 is 18.6 Å². The lowest BCUT2D eigenvalue weighted by Gasteiger charge is -2.30. The van der Waals surface area contributed by atoms with Gasteiger partial charge in [0.15, 0.2) is 0 Å². The van der Waals surface area contributed by atoms with Gasteiger partial charge in [-0.3, -0.25) is 15.0 Å². The maximum Gasteiger partial charge on any atom is 0.0606 e. The molecular formula is C24H40N6. The zero-order valence-corrected chi connectivity index (χ0v) is 18.4. The summed E-state index contributed by atoms with van der Waals surface area (Å²) >= 11 is 0. The minimum atomic E-state index is 0.280. The molecule has 6 nitrogen and oxygen atoms in total. The van der Waals surface area contributed by atoms with Gasteiger partial charge in [-0.05, 0) is 71.0 Å². The standard InChI is InChI=1S/C24H40N6/c1-4-10-25-19(7-1)16-28-22-13-23(29-17-20-8-2-5-11-26-20)15-24(14-22)30-18-21-9-3-6-12-27-21/h1,7,16-27H,2-6,8-15H2. The van der Waals surface area contributed by atoms with Crippen LogP contribution in [0.4, 0.5) is 0 Å². The Labute approximate surface area is 182 Å². The van der Waals surface area contributed by atoms with E-state index in [4.69, 9.17) is 15.0 Å². The van der Waals surface area contributed by atoms with E-state index in [0.717, 1.165) is 45.3 Å². The van der Waals surface area contributed by atoms with Gasteiger partial charge in [-0.2, -0.15) is 0 Å². The summed E-state index contributed by atoms with van der Waals surface area (Å²) in [6.45, 7) is 3.29. The predicted molar refractivity (Wildman–Crippen MR) is 128 cm³/mol. The molecule has 2 saturated heterocycles. The second-order valence-corrected chi connectivity index (χ2v) is 9.37. The molecule has 3 aliphatic heterocycles. The van der Waals surface area contributed by atoms with Crippen LogP contribution >= 0.6 is 0 Å². The summed E-state index contributed by atoms with van der Waals surface area (Å²) in [7, 11) is 0. The Kier molecular flexibility index (Phi) is 8.64. The third kappa shape index (κ3) is 7.10. The van der Waals surface area contributed by atoms with Gasteiger partial charge in [-0.15, -0.1) is 0 Å². The number of aliphatic imine (C=N–C) groups is 3. The number of piperidine rings is 2. The normalized spacial score (nSPS) is 38.7. The average molecular weight is 413 g/mol. The van der Waals surface area contributed by atoms with Gasteiger partial charge in [-0.25, -0.2) is 0 Å². The summed E-state index contributed by atoms with van der Waals surface area (Å²) in [6.07, 6.45) is 22.9. The molecule has 0 aromatic heterocycles. The molecule has 4 aliphatic rings. The Balaban J connectivity index is 1.37. The van der Waals surface area contributed by atoms with Crippen LogP contribution in [0.15, 0.2) is 27.1 Å². The van der Waals surface area contributed by atoms with Crippen molar-refractivity contribution < 1.29 is 0 Å². The summed E-state index contributed by atoms with van der Waals surface area (Å²) in [5.41, 5.74) is 0. The molecule has 3 N–H and O–H groups in total. The van der Waals surface area contributed by atoms with Gasteiger partial charge in [0.05, 0.1) is 24.2 Å². The molecule has 3 fully saturated rings. The van der Waals surface area contributed by atoms with Crippen LogP contribution < -0.4 is 16.0 Å². The van der Waals surface area contributed by atoms with Crippen molar-refractivity contribution in [2.24, 2.45) is 15.0 Å². The molecule has 6 heteroatoms. The first-order valence-electron chi connectivity index (χ1n) is 12.3. The van der Waals surface area contributed by atoms with Gasteiger partial charge in [0.25, 0.3) is 0 Å². The van der Waals surface area contributed by atoms with Gasteiger partial charge >= 0.3 is 0 Å². The van der Waals surface area contributed by atoms with Crippen LogP contribution in [0.5, 0.6) is 0 Å². The SMILES string of the molecule is C1=CC(C=NC2CC(N=CC3CCCCN3)CC(N=CC3CCCCN3)C2)NCC1. The van der Waals surface area contributed by atoms with Crippen LogP contribution in [0.3, 0.4) is 0 Å². The quantitative estimate of drug-likeness (QED) is 0.464. The molecular weight excluding hydrogens is 372 g/mol. The van der Waals surface area contributed by atoms with Crippen molar-refractivity contribution in [3.05, 3.63) is 12.2 Å². The summed E-state index contributed by atoms with van der Waals surface area (Å²) < 4.78 is 0. The fraction of sp³-hybridized carbons (Fsp3) is 0.792. The summed E-state index contributed by atoms with van der Waals surface area (Å²) in [5, 5.41) is 10.7. The highest BCUT2D eigenvalue weighted by molar-refractivity contribution is 5.68. The van der Waals surface area contributed by atoms with Crippen molar-refractivity contribution in [3.63, 3.8) is 0 Å². The third-order valence-electron chi connectivity index (χ3n) is 6.77. The summed E-state index contributed by atoms with van der Waals surface area (Å²) in [6, 6.07) is 2.17. The summed E-state index contributed by atoms with van der Waals surface area (Å²) in [4.78, 5) is 15.0. The first-order chi connectivity index (χ1) is 14.8. The second-order valence-electron chi connectivity index (χ2n) is 9.37. The Bertz CT molecular complexity index is 579. The molecule has 166 valence electrons. The van der Waals surface area contributed by atoms with Gasteiger partial charge in [0.2, 0.25) is 0 Å². The molecule has 0 aromatic carbocycles. The first kappa shape index (κ1) is 21.8. The molecule has 5 unspecified atom stereocenters. The van der Waals surface area contributed by atoms with Gasteiger partial charge < -0.3 is 16.0 Å². The molecule has 4 rings (SSSR count). The molecule has 5 atom stereocenters. The van der Waals surface area contributed by atoms with E-state index in [2.05, 4.69) is 46.7 Å². The lowest BCUT2D eigenvalue weighted by molar-refractivity contribution is 0.354. The molecule has 0 bridgehead atoms. The molecule has 1 saturated carbocycles. The number of rotatable bonds is 6. The second kappa shape index (κ2) is 11.9. The Morgan fingerprint density at radius 3 is 1.67 bits per heavy atom. The van der Waals surface area contributed by atoms with E-state index in [1.165, 1.54) is 38.5 Å². The molecule has 0 amide bonds. The fourth-order valence-electron chi connectivity index (χ4n) is 5.02. The lowest BCUT2D eigenvalue weighted by Crippen LogP contribution is -2.38. The maximum absolute atomic E-state index is 5.02. The molecule has 0 radical (unpaired) electrons. The van der Waals surface area contributed by atoms with E-state index in [9.17, 15) is 0 Å². The molecule has 0 aromatic rings. The zero-order valence-electron chi connectivity index (χ0n) is 18.4. The van der Waals surface area contributed by atoms with Crippen LogP contribution in [0.1, 0.15) is 64.2 Å². The molecule has 3 heterocycles. The van der Waals surface area contributed by atoms with Gasteiger partial charge in [0, 0.05) is 30.7 Å². The molecule has 0 spiro atoms. The highest BCUT2D eigenvalue weighted by atomic mass is 15.0. The van der Waals surface area contributed by atoms with Gasteiger partial charge in [-0.1, -0.05) is 25.0 Å². The highest BCUT2D eigenvalue weighted by Crippen LogP contribution is 2.26. The third-order valence-corrected chi connectivity index (χ3v) is 6.77. The van der Waals surface area contributed by atoms with Crippen LogP contribution in [0.25, 0.3) is 0 Å². The number of hydrogen-bond acceptors (Lipinski definition) is 6. The van der Waals surface area contributed by atoms with Gasteiger partial charge in [0.1, 0.15) is 0 Å². The smallest absolute Gasteiger partial charge is 0.0606 e. The van der Waals surface area contributed by atoms with E-state index >= 15 is 0 Å². The minimum Gasteiger partial charge on any atom is -0.309 e. The monoisotopic (exact) mass is 412 g/mol. The fourth-order valence-corrected chi connectivity index (χ4v) is 5.02. The Morgan fingerprint density at radius 2 is 1.20 bits per heavy atom. The number of hydrogen-bond donors (Lipinski definition) is 3. The van der Waals surface area contributed by atoms with Crippen molar-refractivity contribution in [1.29, 1.82) is 0 Å². The molecule has 30 heavy (non-hydrogen) atoms. The highest BCUT2D eigenvalue weighted by Gasteiger charge is 2.28. The van der Waals surface area contributed by atoms with Crippen molar-refractivity contribution in [2.75, 3.05) is 19.6 Å². The van der Waals surface area contributed by atoms with E-state index in [-0.39, 0.29) is 6.04 Å². The predicted octanol–water partition coefficient (Wildman–Crippen LogP) is 2.69. The van der Waals surface area contributed by atoms with E-state index < -0.39 is 0 Å². The first-order valence-corrected chi connectivity index (χ1v) is 12.3. The Morgan fingerprint density at radius 1 is 0.633 bits per heavy atom. The van der Waals surface area contributed by atoms with Crippen molar-refractivity contribution in [1.82, 2.24) is 16.0 Å². The van der Waals surface area contributed by atoms with E-state index in [1.807, 2.05) is 0 Å². The maximum atomic E-state index is 5.02. The Hall–Kier alpha value is -1.37. The number of nitrogens with one attached hydrogen (secondary N) is 3. The average Bonchev–Trinajstić information content (AvgIpc) is 2.82. The van der Waals surface area contributed by atoms with Crippen LogP contribution in [-0.2, 0) is 0 Å². The van der Waals surface area contributed by atoms with Crippen molar-refractivity contribution in [2.45, 2.75) is 100 Å². The lowest BCUT2D eigenvalue weighted by atomic mass is 9.87. The van der Waals surface area contributed by atoms with Crippen LogP contribution in [0.2, 0.25) is 0 Å². The van der Waals surface area contributed by atoms with E-state index in [0.29, 0.717) is 30.2 Å². The molecule has 1 aliphatic carbocycles. The van der Waals surface area contributed by atoms with Crippen LogP contribution in [0, 0.1) is 0 Å². The van der Waals surface area contributed by atoms with Crippen LogP contribution in [-0.4, -0.2) is 74.5 Å². The largest absolute Gasteiger partial charge is 0.309 e. The zero-order chi connectivity index (χ0) is 20.4. The topological polar surface area (TPSA) is 73.2 Å².